The maximum atomic E-state index is 5.54. The van der Waals surface area contributed by atoms with Gasteiger partial charge in [-0.1, -0.05) is 12.1 Å². The van der Waals surface area contributed by atoms with Crippen molar-refractivity contribution in [1.29, 1.82) is 0 Å². The van der Waals surface area contributed by atoms with E-state index in [2.05, 4.69) is 70.0 Å². The molecule has 0 saturated carbocycles. The molecule has 1 saturated heterocycles. The molecule has 5 aromatic rings. The van der Waals surface area contributed by atoms with E-state index in [0.29, 0.717) is 0 Å². The van der Waals surface area contributed by atoms with Gasteiger partial charge < -0.3 is 14.5 Å². The Hall–Kier alpha value is -3.75. The van der Waals surface area contributed by atoms with Gasteiger partial charge in [-0.2, -0.15) is 5.10 Å². The summed E-state index contributed by atoms with van der Waals surface area (Å²) in [6, 6.07) is 14.8. The van der Waals surface area contributed by atoms with Crippen LogP contribution >= 0.6 is 0 Å². The van der Waals surface area contributed by atoms with E-state index in [1.54, 1.807) is 6.20 Å². The number of quaternary nitrogens is 1. The molecule has 4 heterocycles. The van der Waals surface area contributed by atoms with Gasteiger partial charge in [-0.15, -0.1) is 0 Å². The summed E-state index contributed by atoms with van der Waals surface area (Å²) in [5, 5.41) is 11.7. The second-order valence-corrected chi connectivity index (χ2v) is 8.43. The fourth-order valence-electron chi connectivity index (χ4n) is 4.30. The molecule has 1 aliphatic heterocycles. The highest BCUT2D eigenvalue weighted by atomic mass is 16.5. The third-order valence-corrected chi connectivity index (χ3v) is 6.32. The van der Waals surface area contributed by atoms with Crippen molar-refractivity contribution < 1.29 is 4.74 Å². The highest BCUT2D eigenvalue weighted by molar-refractivity contribution is 5.84. The first-order valence-electron chi connectivity index (χ1n) is 10.8. The minimum atomic E-state index is 0.719. The van der Waals surface area contributed by atoms with Crippen molar-refractivity contribution in [3.63, 3.8) is 0 Å². The van der Waals surface area contributed by atoms with Crippen LogP contribution in [-0.2, 0) is 4.74 Å². The van der Waals surface area contributed by atoms with Gasteiger partial charge in [0.1, 0.15) is 18.8 Å². The quantitative estimate of drug-likeness (QED) is 0.425. The van der Waals surface area contributed by atoms with E-state index in [1.165, 1.54) is 5.69 Å². The second kappa shape index (κ2) is 7.44. The molecular formula is C24H24N7O+. The number of aromatic amines is 1. The summed E-state index contributed by atoms with van der Waals surface area (Å²) in [5.41, 5.74) is 5.91. The molecular weight excluding hydrogens is 402 g/mol. The van der Waals surface area contributed by atoms with Gasteiger partial charge in [-0.3, -0.25) is 9.58 Å². The Balaban J connectivity index is 1.34. The predicted molar refractivity (Wildman–Crippen MR) is 126 cm³/mol. The maximum Gasteiger partial charge on any atom is 0.180 e. The SMILES string of the molecule is C[N+]1(c2ccc(Nc3nc(-c4ccc5cn[nH]c5c4)cn4ccnc34)cc2)CCOCC1. The van der Waals surface area contributed by atoms with E-state index >= 15 is 0 Å². The molecule has 32 heavy (non-hydrogen) atoms. The lowest BCUT2D eigenvalue weighted by Crippen LogP contribution is -2.53. The zero-order valence-corrected chi connectivity index (χ0v) is 17.8. The second-order valence-electron chi connectivity index (χ2n) is 8.43. The number of benzene rings is 2. The lowest BCUT2D eigenvalue weighted by molar-refractivity contribution is 0.0526. The minimum absolute atomic E-state index is 0.719. The normalized spacial score (nSPS) is 15.9. The summed E-state index contributed by atoms with van der Waals surface area (Å²) >= 11 is 0. The molecule has 1 aliphatic rings. The van der Waals surface area contributed by atoms with Gasteiger partial charge in [0.25, 0.3) is 0 Å². The summed E-state index contributed by atoms with van der Waals surface area (Å²) in [5.74, 6) is 0.719. The van der Waals surface area contributed by atoms with Crippen molar-refractivity contribution in [3.8, 4) is 11.3 Å². The van der Waals surface area contributed by atoms with E-state index in [0.717, 1.165) is 70.1 Å². The number of hydrogen-bond donors (Lipinski definition) is 2. The number of aromatic nitrogens is 5. The lowest BCUT2D eigenvalue weighted by Gasteiger charge is -2.37. The first-order valence-corrected chi connectivity index (χ1v) is 10.8. The van der Waals surface area contributed by atoms with E-state index in [4.69, 9.17) is 9.72 Å². The zero-order valence-electron chi connectivity index (χ0n) is 17.8. The summed E-state index contributed by atoms with van der Waals surface area (Å²) < 4.78 is 8.43. The Kier molecular flexibility index (Phi) is 4.41. The number of imidazole rings is 1. The Morgan fingerprint density at radius 1 is 1.09 bits per heavy atom. The molecule has 2 aromatic carbocycles. The highest BCUT2D eigenvalue weighted by Crippen LogP contribution is 2.29. The molecule has 1 fully saturated rings. The van der Waals surface area contributed by atoms with Crippen LogP contribution in [0.4, 0.5) is 17.2 Å². The Labute approximate surface area is 185 Å². The van der Waals surface area contributed by atoms with Crippen molar-refractivity contribution in [1.82, 2.24) is 29.0 Å². The Morgan fingerprint density at radius 3 is 2.78 bits per heavy atom. The van der Waals surface area contributed by atoms with Gasteiger partial charge in [0.05, 0.1) is 37.7 Å². The number of nitrogens with zero attached hydrogens (tertiary/aromatic N) is 5. The van der Waals surface area contributed by atoms with Gasteiger partial charge in [0, 0.05) is 47.4 Å². The first kappa shape index (κ1) is 19.0. The molecule has 0 unspecified atom stereocenters. The minimum Gasteiger partial charge on any atom is -0.370 e. The van der Waals surface area contributed by atoms with Crippen LogP contribution in [0.1, 0.15) is 0 Å². The number of morpholine rings is 1. The fraction of sp³-hybridized carbons (Fsp3) is 0.208. The van der Waals surface area contributed by atoms with Gasteiger partial charge in [-0.25, -0.2) is 9.97 Å². The number of hydrogen-bond acceptors (Lipinski definition) is 5. The molecule has 0 aliphatic carbocycles. The van der Waals surface area contributed by atoms with Crippen LogP contribution in [0.3, 0.4) is 0 Å². The summed E-state index contributed by atoms with van der Waals surface area (Å²) in [4.78, 5) is 9.40. The largest absolute Gasteiger partial charge is 0.370 e. The van der Waals surface area contributed by atoms with Crippen LogP contribution in [0.2, 0.25) is 0 Å². The van der Waals surface area contributed by atoms with E-state index in [1.807, 2.05) is 23.0 Å². The summed E-state index contributed by atoms with van der Waals surface area (Å²) in [6.07, 6.45) is 7.54. The average Bonchev–Trinajstić information content (AvgIpc) is 3.49. The molecule has 0 spiro atoms. The fourth-order valence-corrected chi connectivity index (χ4v) is 4.30. The molecule has 0 radical (unpaired) electrons. The van der Waals surface area contributed by atoms with E-state index in [-0.39, 0.29) is 0 Å². The summed E-state index contributed by atoms with van der Waals surface area (Å²) in [7, 11) is 2.26. The van der Waals surface area contributed by atoms with Crippen LogP contribution in [0.15, 0.2) is 67.3 Å². The molecule has 0 atom stereocenters. The molecule has 2 N–H and O–H groups in total. The maximum absolute atomic E-state index is 5.54. The van der Waals surface area contributed by atoms with Crippen LogP contribution in [0, 0.1) is 0 Å². The van der Waals surface area contributed by atoms with Crippen LogP contribution in [0.5, 0.6) is 0 Å². The topological polar surface area (TPSA) is 80.1 Å². The van der Waals surface area contributed by atoms with Crippen molar-refractivity contribution in [3.05, 3.63) is 67.3 Å². The number of H-pyrrole nitrogens is 1. The lowest BCUT2D eigenvalue weighted by atomic mass is 10.1. The molecule has 0 bridgehead atoms. The number of fused-ring (bicyclic) bond motifs is 2. The molecule has 160 valence electrons. The molecule has 8 nitrogen and oxygen atoms in total. The van der Waals surface area contributed by atoms with Gasteiger partial charge in [0.2, 0.25) is 0 Å². The van der Waals surface area contributed by atoms with Crippen LogP contribution < -0.4 is 9.80 Å². The van der Waals surface area contributed by atoms with Crippen molar-refractivity contribution in [2.24, 2.45) is 0 Å². The van der Waals surface area contributed by atoms with Crippen molar-refractivity contribution >= 4 is 33.7 Å². The summed E-state index contributed by atoms with van der Waals surface area (Å²) in [6.45, 7) is 3.59. The van der Waals surface area contributed by atoms with Gasteiger partial charge in [-0.05, 0) is 18.2 Å². The highest BCUT2D eigenvalue weighted by Gasteiger charge is 2.27. The van der Waals surface area contributed by atoms with E-state index in [9.17, 15) is 0 Å². The smallest absolute Gasteiger partial charge is 0.180 e. The number of rotatable bonds is 4. The number of anilines is 2. The first-order chi connectivity index (χ1) is 15.7. The number of nitrogens with one attached hydrogen (secondary N) is 2. The van der Waals surface area contributed by atoms with Crippen molar-refractivity contribution in [2.75, 3.05) is 38.7 Å². The third kappa shape index (κ3) is 3.30. The van der Waals surface area contributed by atoms with Gasteiger partial charge >= 0.3 is 0 Å². The molecule has 3 aromatic heterocycles. The van der Waals surface area contributed by atoms with Crippen molar-refractivity contribution in [2.45, 2.75) is 0 Å². The monoisotopic (exact) mass is 426 g/mol. The van der Waals surface area contributed by atoms with Gasteiger partial charge in [0.15, 0.2) is 11.5 Å². The molecule has 0 amide bonds. The molecule has 8 heteroatoms. The van der Waals surface area contributed by atoms with E-state index < -0.39 is 0 Å². The average molecular weight is 427 g/mol. The number of ether oxygens (including phenoxy) is 1. The Morgan fingerprint density at radius 2 is 1.94 bits per heavy atom. The zero-order chi connectivity index (χ0) is 21.5. The third-order valence-electron chi connectivity index (χ3n) is 6.32. The standard InChI is InChI=1S/C24H24N7O/c1-31(10-12-32-13-11-31)20-6-4-19(5-7-20)27-23-24-25-8-9-30(24)16-22(28-23)17-2-3-18-15-26-29-21(18)14-17/h2-9,14-16H,10-13H2,1H3,(H,26,29)(H,27,28)/q+1. The Bertz CT molecular complexity index is 1400. The van der Waals surface area contributed by atoms with Crippen LogP contribution in [0.25, 0.3) is 27.8 Å². The number of likely N-dealkylation sites (N-methyl/N-ethyl adjacent to an activating group) is 1. The molecule has 6 rings (SSSR count). The predicted octanol–water partition coefficient (Wildman–Crippen LogP) is 3.98. The van der Waals surface area contributed by atoms with Crippen LogP contribution in [-0.4, -0.2) is 57.9 Å².